The minimum atomic E-state index is -0.0509. The lowest BCUT2D eigenvalue weighted by atomic mass is 9.97. The number of aromatic nitrogens is 3. The highest BCUT2D eigenvalue weighted by Crippen LogP contribution is 2.24. The first-order valence-electron chi connectivity index (χ1n) is 9.80. The van der Waals surface area contributed by atoms with Gasteiger partial charge in [0.1, 0.15) is 0 Å². The second-order valence-electron chi connectivity index (χ2n) is 7.26. The number of benzene rings is 1. The smallest absolute Gasteiger partial charge is 0.233 e. The molecule has 0 aliphatic carbocycles. The van der Waals surface area contributed by atoms with Gasteiger partial charge in [-0.05, 0) is 49.1 Å². The Morgan fingerprint density at radius 1 is 1.34 bits per heavy atom. The molecule has 0 spiro atoms. The maximum atomic E-state index is 12.7. The van der Waals surface area contributed by atoms with Gasteiger partial charge < -0.3 is 19.9 Å². The summed E-state index contributed by atoms with van der Waals surface area (Å²) in [4.78, 5) is 18.1. The van der Waals surface area contributed by atoms with Crippen molar-refractivity contribution in [2.75, 3.05) is 31.6 Å². The number of nitrogens with one attached hydrogen (secondary N) is 2. The first-order chi connectivity index (χ1) is 14.1. The summed E-state index contributed by atoms with van der Waals surface area (Å²) in [6, 6.07) is 9.47. The molecule has 3 aromatic rings. The molecule has 8 heteroatoms. The van der Waals surface area contributed by atoms with Crippen LogP contribution in [-0.2, 0) is 11.2 Å². The van der Waals surface area contributed by atoms with Crippen LogP contribution in [-0.4, -0.2) is 47.8 Å². The van der Waals surface area contributed by atoms with Gasteiger partial charge in [0.25, 0.3) is 0 Å². The van der Waals surface area contributed by atoms with Crippen LogP contribution in [0.25, 0.3) is 10.9 Å². The zero-order chi connectivity index (χ0) is 20.2. The predicted molar refractivity (Wildman–Crippen MR) is 114 cm³/mol. The van der Waals surface area contributed by atoms with E-state index in [4.69, 9.17) is 16.3 Å². The lowest BCUT2D eigenvalue weighted by Gasteiger charge is -2.32. The van der Waals surface area contributed by atoms with Gasteiger partial charge in [-0.25, -0.2) is 0 Å². The molecule has 3 heterocycles. The number of nitrogens with zero attached hydrogens (tertiary/aromatic N) is 3. The van der Waals surface area contributed by atoms with E-state index in [1.54, 1.807) is 13.2 Å². The summed E-state index contributed by atoms with van der Waals surface area (Å²) in [6.45, 7) is 2.12. The van der Waals surface area contributed by atoms with Crippen molar-refractivity contribution in [2.45, 2.75) is 19.3 Å². The van der Waals surface area contributed by atoms with E-state index in [0.717, 1.165) is 48.1 Å². The Morgan fingerprint density at radius 2 is 2.24 bits per heavy atom. The lowest BCUT2D eigenvalue weighted by Crippen LogP contribution is -2.43. The van der Waals surface area contributed by atoms with Gasteiger partial charge in [-0.3, -0.25) is 4.79 Å². The number of methoxy groups -OCH3 is 1. The molecule has 1 amide bonds. The topological polar surface area (TPSA) is 83.1 Å². The van der Waals surface area contributed by atoms with E-state index >= 15 is 0 Å². The Balaban J connectivity index is 1.32. The summed E-state index contributed by atoms with van der Waals surface area (Å²) in [5, 5.41) is 13.1. The molecule has 7 nitrogen and oxygen atoms in total. The van der Waals surface area contributed by atoms with Crippen molar-refractivity contribution < 1.29 is 9.53 Å². The highest BCUT2D eigenvalue weighted by Gasteiger charge is 2.26. The van der Waals surface area contributed by atoms with Crippen molar-refractivity contribution in [1.29, 1.82) is 0 Å². The van der Waals surface area contributed by atoms with E-state index in [1.165, 1.54) is 0 Å². The molecule has 1 saturated heterocycles. The standard InChI is InChI=1S/C21H24ClN5O2/c1-29-20-7-6-19(25-26-20)27-10-2-3-15(13-27)21(28)23-9-8-14-12-24-18-5-4-16(22)11-17(14)18/h4-7,11-12,15,24H,2-3,8-10,13H2,1H3,(H,23,28)/t15-/m0/s1. The molecule has 1 aliphatic rings. The normalized spacial score (nSPS) is 16.8. The van der Waals surface area contributed by atoms with Crippen molar-refractivity contribution in [2.24, 2.45) is 5.92 Å². The number of amides is 1. The number of ether oxygens (including phenoxy) is 1. The van der Waals surface area contributed by atoms with E-state index in [0.29, 0.717) is 24.0 Å². The molecule has 1 aliphatic heterocycles. The van der Waals surface area contributed by atoms with Gasteiger partial charge in [-0.2, -0.15) is 0 Å². The average Bonchev–Trinajstić information content (AvgIpc) is 3.16. The maximum absolute atomic E-state index is 12.7. The van der Waals surface area contributed by atoms with Gasteiger partial charge in [0.05, 0.1) is 13.0 Å². The highest BCUT2D eigenvalue weighted by atomic mass is 35.5. The molecule has 0 unspecified atom stereocenters. The second-order valence-corrected chi connectivity index (χ2v) is 7.70. The number of carbonyl (C=O) groups excluding carboxylic acids is 1. The van der Waals surface area contributed by atoms with Crippen LogP contribution >= 0.6 is 11.6 Å². The third-order valence-corrected chi connectivity index (χ3v) is 5.61. The summed E-state index contributed by atoms with van der Waals surface area (Å²) in [5.41, 5.74) is 2.21. The molecule has 1 fully saturated rings. The molecule has 152 valence electrons. The quantitative estimate of drug-likeness (QED) is 0.648. The first kappa shape index (κ1) is 19.5. The molecule has 0 bridgehead atoms. The van der Waals surface area contributed by atoms with Gasteiger partial charge in [0.2, 0.25) is 11.8 Å². The Labute approximate surface area is 174 Å². The molecule has 29 heavy (non-hydrogen) atoms. The zero-order valence-electron chi connectivity index (χ0n) is 16.3. The molecule has 2 aromatic heterocycles. The third kappa shape index (κ3) is 4.45. The van der Waals surface area contributed by atoms with E-state index < -0.39 is 0 Å². The lowest BCUT2D eigenvalue weighted by molar-refractivity contribution is -0.125. The zero-order valence-corrected chi connectivity index (χ0v) is 17.1. The molecule has 4 rings (SSSR count). The molecule has 1 atom stereocenters. The number of H-pyrrole nitrogens is 1. The number of hydrogen-bond acceptors (Lipinski definition) is 5. The number of rotatable bonds is 6. The van der Waals surface area contributed by atoms with Crippen LogP contribution in [0.5, 0.6) is 5.88 Å². The van der Waals surface area contributed by atoms with Crippen molar-refractivity contribution in [3.8, 4) is 5.88 Å². The van der Waals surface area contributed by atoms with E-state index in [9.17, 15) is 4.79 Å². The van der Waals surface area contributed by atoms with E-state index in [-0.39, 0.29) is 11.8 Å². The minimum Gasteiger partial charge on any atom is -0.480 e. The van der Waals surface area contributed by atoms with Crippen molar-refractivity contribution in [3.63, 3.8) is 0 Å². The number of piperidine rings is 1. The van der Waals surface area contributed by atoms with Gasteiger partial charge in [-0.15, -0.1) is 10.2 Å². The Kier molecular flexibility index (Phi) is 5.85. The van der Waals surface area contributed by atoms with Gasteiger partial charge >= 0.3 is 0 Å². The van der Waals surface area contributed by atoms with Gasteiger partial charge in [0.15, 0.2) is 5.82 Å². The largest absolute Gasteiger partial charge is 0.480 e. The van der Waals surface area contributed by atoms with Crippen molar-refractivity contribution in [1.82, 2.24) is 20.5 Å². The monoisotopic (exact) mass is 413 g/mol. The van der Waals surface area contributed by atoms with Gasteiger partial charge in [-0.1, -0.05) is 11.6 Å². The van der Waals surface area contributed by atoms with Crippen molar-refractivity contribution >= 4 is 34.2 Å². The van der Waals surface area contributed by atoms with E-state index in [1.807, 2.05) is 30.5 Å². The number of carbonyl (C=O) groups is 1. The Bertz CT molecular complexity index is 988. The van der Waals surface area contributed by atoms with Crippen molar-refractivity contribution in [3.05, 3.63) is 47.1 Å². The highest BCUT2D eigenvalue weighted by molar-refractivity contribution is 6.31. The first-order valence-corrected chi connectivity index (χ1v) is 10.2. The summed E-state index contributed by atoms with van der Waals surface area (Å²) < 4.78 is 5.06. The predicted octanol–water partition coefficient (Wildman–Crippen LogP) is 3.20. The SMILES string of the molecule is COc1ccc(N2CCC[C@H](C(=O)NCCc3c[nH]c4ccc(Cl)cc34)C2)nn1. The number of aromatic amines is 1. The summed E-state index contributed by atoms with van der Waals surface area (Å²) >= 11 is 6.11. The van der Waals surface area contributed by atoms with Crippen LogP contribution in [0.1, 0.15) is 18.4 Å². The molecule has 1 aromatic carbocycles. The van der Waals surface area contributed by atoms with Crippen LogP contribution in [0.3, 0.4) is 0 Å². The molecular weight excluding hydrogens is 390 g/mol. The fraction of sp³-hybridized carbons (Fsp3) is 0.381. The molecule has 0 saturated carbocycles. The third-order valence-electron chi connectivity index (χ3n) is 5.37. The fourth-order valence-corrected chi connectivity index (χ4v) is 3.98. The minimum absolute atomic E-state index is 0.0509. The summed E-state index contributed by atoms with van der Waals surface area (Å²) in [6.07, 6.45) is 4.58. The maximum Gasteiger partial charge on any atom is 0.233 e. The number of anilines is 1. The number of hydrogen-bond donors (Lipinski definition) is 2. The van der Waals surface area contributed by atoms with Crippen LogP contribution in [0.15, 0.2) is 36.5 Å². The van der Waals surface area contributed by atoms with E-state index in [2.05, 4.69) is 25.4 Å². The van der Waals surface area contributed by atoms with Gasteiger partial charge in [0, 0.05) is 47.8 Å². The Morgan fingerprint density at radius 3 is 3.03 bits per heavy atom. The van der Waals surface area contributed by atoms with Crippen LogP contribution in [0.2, 0.25) is 5.02 Å². The summed E-state index contributed by atoms with van der Waals surface area (Å²) in [5.74, 6) is 1.30. The molecular formula is C21H24ClN5O2. The molecule has 2 N–H and O–H groups in total. The Hall–Kier alpha value is -2.80. The second kappa shape index (κ2) is 8.69. The number of fused-ring (bicyclic) bond motifs is 1. The fourth-order valence-electron chi connectivity index (χ4n) is 3.81. The summed E-state index contributed by atoms with van der Waals surface area (Å²) in [7, 11) is 1.57. The average molecular weight is 414 g/mol. The molecule has 0 radical (unpaired) electrons. The van der Waals surface area contributed by atoms with Crippen LogP contribution in [0.4, 0.5) is 5.82 Å². The number of halogens is 1. The van der Waals surface area contributed by atoms with Crippen LogP contribution < -0.4 is 15.0 Å². The van der Waals surface area contributed by atoms with Crippen LogP contribution in [0, 0.1) is 5.92 Å².